The van der Waals surface area contributed by atoms with Crippen molar-refractivity contribution < 1.29 is 9.50 Å². The van der Waals surface area contributed by atoms with Crippen molar-refractivity contribution in [2.75, 3.05) is 6.54 Å². The van der Waals surface area contributed by atoms with Crippen LogP contribution in [0.5, 0.6) is 5.75 Å². The fraction of sp³-hybridized carbons (Fsp3) is 0.238. The molecule has 0 unspecified atom stereocenters. The number of hydrogen-bond acceptors (Lipinski definition) is 4. The maximum Gasteiger partial charge on any atom is 0.165 e. The quantitative estimate of drug-likeness (QED) is 0.423. The number of halogens is 1. The molecule has 0 atom stereocenters. The summed E-state index contributed by atoms with van der Waals surface area (Å²) in [6.45, 7) is 4.49. The molecule has 2 aromatic heterocycles. The van der Waals surface area contributed by atoms with E-state index in [1.165, 1.54) is 12.1 Å². The van der Waals surface area contributed by atoms with Crippen LogP contribution in [-0.4, -0.2) is 31.8 Å². The van der Waals surface area contributed by atoms with Crippen LogP contribution in [0.25, 0.3) is 33.5 Å². The number of phenolic OH excluding ortho intramolecular Hbond substituents is 1. The predicted octanol–water partition coefficient (Wildman–Crippen LogP) is 3.84. The molecule has 0 aliphatic heterocycles. The molecule has 0 saturated carbocycles. The van der Waals surface area contributed by atoms with E-state index in [2.05, 4.69) is 20.2 Å². The maximum atomic E-state index is 13.9. The highest BCUT2D eigenvalue weighted by Gasteiger charge is 2.16. The van der Waals surface area contributed by atoms with Gasteiger partial charge in [-0.2, -0.15) is 5.10 Å². The van der Waals surface area contributed by atoms with Crippen molar-refractivity contribution in [3.05, 3.63) is 53.1 Å². The lowest BCUT2D eigenvalue weighted by Crippen LogP contribution is -2.03. The summed E-state index contributed by atoms with van der Waals surface area (Å²) in [4.78, 5) is 7.90. The molecule has 2 heterocycles. The van der Waals surface area contributed by atoms with Crippen LogP contribution in [0.3, 0.4) is 0 Å². The molecule has 0 saturated heterocycles. The van der Waals surface area contributed by atoms with Crippen molar-refractivity contribution in [2.45, 2.75) is 26.7 Å². The summed E-state index contributed by atoms with van der Waals surface area (Å²) < 4.78 is 13.9. The third-order valence-electron chi connectivity index (χ3n) is 5.02. The van der Waals surface area contributed by atoms with Gasteiger partial charge in [-0.1, -0.05) is 13.0 Å². The number of nitrogens with one attached hydrogen (secondary N) is 2. The Hall–Kier alpha value is -3.19. The fourth-order valence-corrected chi connectivity index (χ4v) is 3.52. The van der Waals surface area contributed by atoms with Gasteiger partial charge >= 0.3 is 0 Å². The number of rotatable bonds is 5. The fourth-order valence-electron chi connectivity index (χ4n) is 3.52. The number of aromatic hydroxyl groups is 1. The molecule has 4 rings (SSSR count). The number of hydrogen-bond donors (Lipinski definition) is 4. The van der Waals surface area contributed by atoms with Crippen molar-refractivity contribution in [1.82, 2.24) is 20.2 Å². The van der Waals surface area contributed by atoms with Crippen molar-refractivity contribution in [1.29, 1.82) is 0 Å². The van der Waals surface area contributed by atoms with E-state index in [4.69, 9.17) is 5.73 Å². The van der Waals surface area contributed by atoms with E-state index in [1.54, 1.807) is 0 Å². The third-order valence-corrected chi connectivity index (χ3v) is 5.02. The third kappa shape index (κ3) is 3.03. The number of imidazole rings is 1. The first-order chi connectivity index (χ1) is 13.5. The number of aryl methyl sites for hydroxylation is 2. The number of H-pyrrole nitrogens is 2. The molecule has 5 N–H and O–H groups in total. The monoisotopic (exact) mass is 379 g/mol. The van der Waals surface area contributed by atoms with Crippen LogP contribution in [0.2, 0.25) is 0 Å². The molecule has 0 fully saturated rings. The Morgan fingerprint density at radius 3 is 2.79 bits per heavy atom. The number of aromatic amines is 2. The smallest absolute Gasteiger partial charge is 0.165 e. The van der Waals surface area contributed by atoms with E-state index < -0.39 is 5.82 Å². The number of benzene rings is 2. The van der Waals surface area contributed by atoms with E-state index in [9.17, 15) is 9.50 Å². The highest BCUT2D eigenvalue weighted by Crippen LogP contribution is 2.33. The Balaban J connectivity index is 1.79. The minimum Gasteiger partial charge on any atom is -0.505 e. The SMILES string of the molecule is CCc1cc(O)c(F)cc1-c1ccc2c(-c3nc(CCN)c(C)[nH]3)n[nH]c2c1. The van der Waals surface area contributed by atoms with Gasteiger partial charge in [0.2, 0.25) is 0 Å². The molecule has 0 radical (unpaired) electrons. The summed E-state index contributed by atoms with van der Waals surface area (Å²) in [6, 6.07) is 8.68. The number of phenols is 1. The van der Waals surface area contributed by atoms with Crippen molar-refractivity contribution in [3.8, 4) is 28.4 Å². The van der Waals surface area contributed by atoms with Gasteiger partial charge in [-0.3, -0.25) is 5.10 Å². The van der Waals surface area contributed by atoms with Crippen LogP contribution >= 0.6 is 0 Å². The zero-order valence-corrected chi connectivity index (χ0v) is 15.8. The maximum absolute atomic E-state index is 13.9. The minimum atomic E-state index is -0.629. The van der Waals surface area contributed by atoms with Crippen LogP contribution in [0.4, 0.5) is 4.39 Å². The van der Waals surface area contributed by atoms with Gasteiger partial charge in [-0.25, -0.2) is 9.37 Å². The van der Waals surface area contributed by atoms with Gasteiger partial charge in [0.25, 0.3) is 0 Å². The number of fused-ring (bicyclic) bond motifs is 1. The Bertz CT molecular complexity index is 1160. The van der Waals surface area contributed by atoms with Gasteiger partial charge in [0.1, 0.15) is 5.69 Å². The number of nitrogens with two attached hydrogens (primary N) is 1. The minimum absolute atomic E-state index is 0.327. The Labute approximate surface area is 161 Å². The van der Waals surface area contributed by atoms with Gasteiger partial charge in [-0.15, -0.1) is 0 Å². The van der Waals surface area contributed by atoms with E-state index in [0.717, 1.165) is 44.7 Å². The topological polar surface area (TPSA) is 104 Å². The normalized spacial score (nSPS) is 11.4. The van der Waals surface area contributed by atoms with Gasteiger partial charge < -0.3 is 15.8 Å². The summed E-state index contributed by atoms with van der Waals surface area (Å²) in [6.07, 6.45) is 1.39. The summed E-state index contributed by atoms with van der Waals surface area (Å²) in [5.74, 6) is -0.257. The molecule has 0 amide bonds. The molecule has 0 aliphatic carbocycles. The second-order valence-electron chi connectivity index (χ2n) is 6.84. The summed E-state index contributed by atoms with van der Waals surface area (Å²) in [5, 5.41) is 18.1. The summed E-state index contributed by atoms with van der Waals surface area (Å²) >= 11 is 0. The molecule has 7 heteroatoms. The number of nitrogens with zero attached hydrogens (tertiary/aromatic N) is 2. The molecular weight excluding hydrogens is 357 g/mol. The first kappa shape index (κ1) is 18.2. The second kappa shape index (κ2) is 7.09. The van der Waals surface area contributed by atoms with E-state index in [-0.39, 0.29) is 5.75 Å². The van der Waals surface area contributed by atoms with E-state index >= 15 is 0 Å². The molecular formula is C21H22FN5O. The van der Waals surface area contributed by atoms with Gasteiger partial charge in [-0.05, 0) is 60.8 Å². The van der Waals surface area contributed by atoms with Crippen LogP contribution in [0, 0.1) is 12.7 Å². The highest BCUT2D eigenvalue weighted by atomic mass is 19.1. The lowest BCUT2D eigenvalue weighted by Gasteiger charge is -2.10. The highest BCUT2D eigenvalue weighted by molar-refractivity contribution is 5.94. The second-order valence-corrected chi connectivity index (χ2v) is 6.84. The zero-order chi connectivity index (χ0) is 19.8. The molecule has 6 nitrogen and oxygen atoms in total. The van der Waals surface area contributed by atoms with Crippen LogP contribution in [-0.2, 0) is 12.8 Å². The molecule has 0 aliphatic rings. The lowest BCUT2D eigenvalue weighted by molar-refractivity contribution is 0.432. The molecule has 28 heavy (non-hydrogen) atoms. The molecule has 0 bridgehead atoms. The first-order valence-corrected chi connectivity index (χ1v) is 9.27. The molecule has 4 aromatic rings. The average molecular weight is 379 g/mol. The summed E-state index contributed by atoms with van der Waals surface area (Å²) in [5.41, 5.74) is 11.6. The van der Waals surface area contributed by atoms with Crippen molar-refractivity contribution in [3.63, 3.8) is 0 Å². The Morgan fingerprint density at radius 2 is 2.04 bits per heavy atom. The largest absolute Gasteiger partial charge is 0.505 e. The van der Waals surface area contributed by atoms with E-state index in [0.29, 0.717) is 25.2 Å². The summed E-state index contributed by atoms with van der Waals surface area (Å²) in [7, 11) is 0. The molecule has 144 valence electrons. The van der Waals surface area contributed by atoms with Crippen molar-refractivity contribution in [2.24, 2.45) is 5.73 Å². The van der Waals surface area contributed by atoms with Gasteiger partial charge in [0, 0.05) is 17.5 Å². The Kier molecular flexibility index (Phi) is 4.60. The Morgan fingerprint density at radius 1 is 1.21 bits per heavy atom. The van der Waals surface area contributed by atoms with Gasteiger partial charge in [0.15, 0.2) is 17.4 Å². The van der Waals surface area contributed by atoms with Crippen LogP contribution in [0.15, 0.2) is 30.3 Å². The first-order valence-electron chi connectivity index (χ1n) is 9.27. The van der Waals surface area contributed by atoms with Crippen molar-refractivity contribution >= 4 is 10.9 Å². The standard InChI is InChI=1S/C21H22FN5O/c1-3-12-9-19(28)16(22)10-15(12)13-4-5-14-18(8-13)26-27-20(14)21-24-11(2)17(25-21)6-7-23/h4-5,8-10,28H,3,6-7,23H2,1-2H3,(H,24,25)(H,26,27). The van der Waals surface area contributed by atoms with E-state index in [1.807, 2.05) is 32.0 Å². The molecule has 2 aromatic carbocycles. The lowest BCUT2D eigenvalue weighted by atomic mass is 9.96. The number of aromatic nitrogens is 4. The van der Waals surface area contributed by atoms with Crippen LogP contribution in [0.1, 0.15) is 23.9 Å². The average Bonchev–Trinajstić information content (AvgIpc) is 3.27. The predicted molar refractivity (Wildman–Crippen MR) is 108 cm³/mol. The van der Waals surface area contributed by atoms with Gasteiger partial charge in [0.05, 0.1) is 11.2 Å². The zero-order valence-electron chi connectivity index (χ0n) is 15.8. The molecule has 0 spiro atoms. The van der Waals surface area contributed by atoms with Crippen LogP contribution < -0.4 is 5.73 Å².